The summed E-state index contributed by atoms with van der Waals surface area (Å²) in [5.41, 5.74) is 6.01. The van der Waals surface area contributed by atoms with Gasteiger partial charge in [-0.3, -0.25) is 0 Å². The third-order valence-corrected chi connectivity index (χ3v) is 6.85. The van der Waals surface area contributed by atoms with Crippen LogP contribution in [0.15, 0.2) is 106 Å². The van der Waals surface area contributed by atoms with E-state index in [0.29, 0.717) is 5.82 Å². The fraction of sp³-hybridized carbons (Fsp3) is 0.0714. The molecule has 6 rings (SSSR count). The molecule has 2 heterocycles. The van der Waals surface area contributed by atoms with E-state index < -0.39 is 0 Å². The van der Waals surface area contributed by atoms with Crippen LogP contribution in [0.1, 0.15) is 11.5 Å². The standard InChI is InChI=1S/C28H18Br2N2O/c29-19-13-18(14-20(30)15-19)23-16-24(32-28(31-23)17-7-2-1-3-8-17)21-10-6-12-26-27(21)22-9-4-5-11-25(22)33-26/h1-16,22,25H. The lowest BCUT2D eigenvalue weighted by Gasteiger charge is -2.16. The summed E-state index contributed by atoms with van der Waals surface area (Å²) >= 11 is 7.22. The highest BCUT2D eigenvalue weighted by atomic mass is 79.9. The van der Waals surface area contributed by atoms with E-state index in [0.717, 1.165) is 42.8 Å². The highest BCUT2D eigenvalue weighted by Crippen LogP contribution is 2.46. The molecule has 3 aromatic carbocycles. The van der Waals surface area contributed by atoms with Crippen molar-refractivity contribution in [2.75, 3.05) is 0 Å². The fourth-order valence-electron chi connectivity index (χ4n) is 4.47. The average Bonchev–Trinajstić information content (AvgIpc) is 3.22. The first-order valence-corrected chi connectivity index (χ1v) is 12.3. The Labute approximate surface area is 209 Å². The maximum atomic E-state index is 6.24. The smallest absolute Gasteiger partial charge is 0.160 e. The van der Waals surface area contributed by atoms with Crippen molar-refractivity contribution >= 4 is 31.9 Å². The molecule has 2 aliphatic rings. The SMILES string of the molecule is Brc1cc(Br)cc(-c2cc(-c3cccc4c3C3C=CC=CC3O4)nc(-c3ccccc3)n2)c1. The molecule has 4 aromatic rings. The molecule has 0 fully saturated rings. The molecule has 1 aliphatic carbocycles. The molecule has 0 saturated carbocycles. The van der Waals surface area contributed by atoms with Gasteiger partial charge in [-0.25, -0.2) is 9.97 Å². The van der Waals surface area contributed by atoms with E-state index in [-0.39, 0.29) is 12.0 Å². The lowest BCUT2D eigenvalue weighted by atomic mass is 9.87. The summed E-state index contributed by atoms with van der Waals surface area (Å²) in [6.45, 7) is 0. The Morgan fingerprint density at radius 1 is 0.697 bits per heavy atom. The van der Waals surface area contributed by atoms with Gasteiger partial charge in [0.15, 0.2) is 5.82 Å². The molecule has 0 spiro atoms. The van der Waals surface area contributed by atoms with Gasteiger partial charge in [0.05, 0.1) is 11.4 Å². The lowest BCUT2D eigenvalue weighted by molar-refractivity contribution is 0.269. The Bertz CT molecular complexity index is 1410. The van der Waals surface area contributed by atoms with Gasteiger partial charge in [-0.15, -0.1) is 0 Å². The predicted octanol–water partition coefficient (Wildman–Crippen LogP) is 7.97. The average molecular weight is 558 g/mol. The maximum absolute atomic E-state index is 6.24. The molecular formula is C28H18Br2N2O. The van der Waals surface area contributed by atoms with E-state index in [9.17, 15) is 0 Å². The van der Waals surface area contributed by atoms with Gasteiger partial charge >= 0.3 is 0 Å². The number of ether oxygens (including phenoxy) is 1. The summed E-state index contributed by atoms with van der Waals surface area (Å²) in [7, 11) is 0. The van der Waals surface area contributed by atoms with Crippen LogP contribution in [-0.2, 0) is 0 Å². The van der Waals surface area contributed by atoms with Gasteiger partial charge in [-0.2, -0.15) is 0 Å². The van der Waals surface area contributed by atoms with Crippen LogP contribution in [0.4, 0.5) is 0 Å². The van der Waals surface area contributed by atoms with Crippen molar-refractivity contribution in [1.29, 1.82) is 0 Å². The molecule has 0 saturated heterocycles. The summed E-state index contributed by atoms with van der Waals surface area (Å²) in [6, 6.07) is 24.6. The van der Waals surface area contributed by atoms with E-state index in [1.54, 1.807) is 0 Å². The molecule has 1 aliphatic heterocycles. The van der Waals surface area contributed by atoms with Crippen LogP contribution in [0.2, 0.25) is 0 Å². The predicted molar refractivity (Wildman–Crippen MR) is 139 cm³/mol. The second kappa shape index (κ2) is 8.40. The third-order valence-electron chi connectivity index (χ3n) is 5.94. The Balaban J connectivity index is 1.57. The van der Waals surface area contributed by atoms with Crippen LogP contribution < -0.4 is 4.74 Å². The van der Waals surface area contributed by atoms with Crippen molar-refractivity contribution in [3.8, 4) is 39.7 Å². The molecule has 0 bridgehead atoms. The molecule has 160 valence electrons. The van der Waals surface area contributed by atoms with Gasteiger partial charge in [0.2, 0.25) is 0 Å². The number of fused-ring (bicyclic) bond motifs is 3. The first-order chi connectivity index (χ1) is 16.2. The largest absolute Gasteiger partial charge is 0.485 e. The summed E-state index contributed by atoms with van der Waals surface area (Å²) in [6.07, 6.45) is 8.51. The van der Waals surface area contributed by atoms with Crippen LogP contribution in [0, 0.1) is 0 Å². The zero-order valence-electron chi connectivity index (χ0n) is 17.5. The first-order valence-electron chi connectivity index (χ1n) is 10.7. The van der Waals surface area contributed by atoms with E-state index >= 15 is 0 Å². The number of nitrogens with zero attached hydrogens (tertiary/aromatic N) is 2. The van der Waals surface area contributed by atoms with Gasteiger partial charge in [0.1, 0.15) is 11.9 Å². The Morgan fingerprint density at radius 3 is 2.27 bits per heavy atom. The maximum Gasteiger partial charge on any atom is 0.160 e. The molecule has 2 atom stereocenters. The molecule has 0 amide bonds. The van der Waals surface area contributed by atoms with Crippen molar-refractivity contribution in [2.24, 2.45) is 0 Å². The highest BCUT2D eigenvalue weighted by molar-refractivity contribution is 9.11. The van der Waals surface area contributed by atoms with Crippen molar-refractivity contribution < 1.29 is 4.74 Å². The summed E-state index contributed by atoms with van der Waals surface area (Å²) in [4.78, 5) is 9.97. The fourth-order valence-corrected chi connectivity index (χ4v) is 5.77. The second-order valence-corrected chi connectivity index (χ2v) is 9.91. The number of aromatic nitrogens is 2. The molecule has 2 unspecified atom stereocenters. The summed E-state index contributed by atoms with van der Waals surface area (Å²) in [5, 5.41) is 0. The minimum atomic E-state index is 0.0297. The van der Waals surface area contributed by atoms with Crippen molar-refractivity contribution in [3.05, 3.63) is 112 Å². The number of benzene rings is 3. The van der Waals surface area contributed by atoms with Gasteiger partial charge in [0.25, 0.3) is 0 Å². The van der Waals surface area contributed by atoms with Gasteiger partial charge in [-0.05, 0) is 36.4 Å². The minimum absolute atomic E-state index is 0.0297. The van der Waals surface area contributed by atoms with Crippen molar-refractivity contribution in [1.82, 2.24) is 9.97 Å². The van der Waals surface area contributed by atoms with Crippen LogP contribution in [0.25, 0.3) is 33.9 Å². The highest BCUT2D eigenvalue weighted by Gasteiger charge is 2.34. The molecule has 0 radical (unpaired) electrons. The zero-order valence-corrected chi connectivity index (χ0v) is 20.6. The molecule has 0 N–H and O–H groups in total. The monoisotopic (exact) mass is 556 g/mol. The summed E-state index contributed by atoms with van der Waals surface area (Å²) in [5.74, 6) is 1.80. The number of halogens is 2. The van der Waals surface area contributed by atoms with Crippen LogP contribution in [0.3, 0.4) is 0 Å². The Kier molecular flexibility index (Phi) is 5.24. The van der Waals surface area contributed by atoms with Gasteiger partial charge < -0.3 is 4.74 Å². The normalized spacial score (nSPS) is 18.0. The van der Waals surface area contributed by atoms with Crippen molar-refractivity contribution in [3.63, 3.8) is 0 Å². The Hall–Kier alpha value is -3.02. The molecule has 5 heteroatoms. The van der Waals surface area contributed by atoms with Crippen LogP contribution in [0.5, 0.6) is 5.75 Å². The van der Waals surface area contributed by atoms with Crippen LogP contribution >= 0.6 is 31.9 Å². The van der Waals surface area contributed by atoms with E-state index in [1.165, 1.54) is 5.56 Å². The number of hydrogen-bond acceptors (Lipinski definition) is 3. The molecule has 3 nitrogen and oxygen atoms in total. The summed E-state index contributed by atoms with van der Waals surface area (Å²) < 4.78 is 8.22. The third kappa shape index (κ3) is 3.85. The molecule has 33 heavy (non-hydrogen) atoms. The van der Waals surface area contributed by atoms with Crippen molar-refractivity contribution in [2.45, 2.75) is 12.0 Å². The number of allylic oxidation sites excluding steroid dienone is 2. The molecule has 1 aromatic heterocycles. The van der Waals surface area contributed by atoms with E-state index in [4.69, 9.17) is 14.7 Å². The zero-order chi connectivity index (χ0) is 22.4. The first kappa shape index (κ1) is 20.6. The second-order valence-electron chi connectivity index (χ2n) is 8.08. The number of rotatable bonds is 3. The van der Waals surface area contributed by atoms with E-state index in [1.807, 2.05) is 54.6 Å². The van der Waals surface area contributed by atoms with Gasteiger partial charge in [0, 0.05) is 37.1 Å². The Morgan fingerprint density at radius 2 is 1.45 bits per heavy atom. The number of hydrogen-bond donors (Lipinski definition) is 0. The lowest BCUT2D eigenvalue weighted by Crippen LogP contribution is -2.15. The minimum Gasteiger partial charge on any atom is -0.485 e. The van der Waals surface area contributed by atoms with E-state index in [2.05, 4.69) is 74.4 Å². The topological polar surface area (TPSA) is 35.0 Å². The quantitative estimate of drug-likeness (QED) is 0.256. The molecular weight excluding hydrogens is 540 g/mol. The van der Waals surface area contributed by atoms with Crippen LogP contribution in [-0.4, -0.2) is 16.1 Å². The van der Waals surface area contributed by atoms with Gasteiger partial charge in [-0.1, -0.05) is 92.6 Å².